The van der Waals surface area contributed by atoms with Gasteiger partial charge < -0.3 is 9.72 Å². The standard InChI is InChI=1S/C15H22N4/c1-12(2)15-13(11-18-9-6-16-7-10-18)19-8-4-3-5-14(19)17-15/h3-5,8,12,16H,6-7,9-11H2,1-2H3. The van der Waals surface area contributed by atoms with Gasteiger partial charge in [-0.1, -0.05) is 19.9 Å². The Hall–Kier alpha value is -1.39. The van der Waals surface area contributed by atoms with Gasteiger partial charge in [0.05, 0.1) is 11.4 Å². The third-order valence-electron chi connectivity index (χ3n) is 3.79. The van der Waals surface area contributed by atoms with Crippen LogP contribution < -0.4 is 5.32 Å². The van der Waals surface area contributed by atoms with Crippen LogP contribution in [0, 0.1) is 0 Å². The minimum absolute atomic E-state index is 0.470. The Kier molecular flexibility index (Phi) is 3.53. The highest BCUT2D eigenvalue weighted by molar-refractivity contribution is 5.43. The summed E-state index contributed by atoms with van der Waals surface area (Å²) in [6.07, 6.45) is 2.13. The lowest BCUT2D eigenvalue weighted by Crippen LogP contribution is -2.43. The van der Waals surface area contributed by atoms with Crippen molar-refractivity contribution >= 4 is 5.65 Å². The molecular weight excluding hydrogens is 236 g/mol. The van der Waals surface area contributed by atoms with Crippen LogP contribution in [0.2, 0.25) is 0 Å². The summed E-state index contributed by atoms with van der Waals surface area (Å²) >= 11 is 0. The number of pyridine rings is 1. The molecular formula is C15H22N4. The summed E-state index contributed by atoms with van der Waals surface area (Å²) in [4.78, 5) is 7.31. The van der Waals surface area contributed by atoms with Crippen LogP contribution in [0.3, 0.4) is 0 Å². The molecule has 0 spiro atoms. The number of nitrogens with zero attached hydrogens (tertiary/aromatic N) is 3. The summed E-state index contributed by atoms with van der Waals surface area (Å²) in [5, 5.41) is 3.40. The SMILES string of the molecule is CC(C)c1nc2ccccn2c1CN1CCNCC1. The molecule has 0 bridgehead atoms. The van der Waals surface area contributed by atoms with E-state index in [9.17, 15) is 0 Å². The molecule has 3 rings (SSSR count). The predicted molar refractivity (Wildman–Crippen MR) is 77.4 cm³/mol. The van der Waals surface area contributed by atoms with Crippen molar-refractivity contribution in [1.29, 1.82) is 0 Å². The molecule has 0 aromatic carbocycles. The monoisotopic (exact) mass is 258 g/mol. The maximum absolute atomic E-state index is 4.80. The highest BCUT2D eigenvalue weighted by Gasteiger charge is 2.18. The van der Waals surface area contributed by atoms with E-state index in [4.69, 9.17) is 4.98 Å². The average molecular weight is 258 g/mol. The van der Waals surface area contributed by atoms with Gasteiger partial charge in [-0.05, 0) is 18.1 Å². The van der Waals surface area contributed by atoms with Crippen LogP contribution in [0.15, 0.2) is 24.4 Å². The van der Waals surface area contributed by atoms with Gasteiger partial charge >= 0.3 is 0 Å². The largest absolute Gasteiger partial charge is 0.314 e. The molecule has 4 nitrogen and oxygen atoms in total. The van der Waals surface area contributed by atoms with Gasteiger partial charge in [-0.3, -0.25) is 4.90 Å². The molecule has 19 heavy (non-hydrogen) atoms. The van der Waals surface area contributed by atoms with Crippen molar-refractivity contribution in [3.63, 3.8) is 0 Å². The van der Waals surface area contributed by atoms with E-state index in [1.165, 1.54) is 11.4 Å². The Labute approximate surface area is 114 Å². The number of hydrogen-bond donors (Lipinski definition) is 1. The van der Waals surface area contributed by atoms with Crippen molar-refractivity contribution in [2.45, 2.75) is 26.3 Å². The maximum Gasteiger partial charge on any atom is 0.137 e. The zero-order chi connectivity index (χ0) is 13.2. The fourth-order valence-corrected chi connectivity index (χ4v) is 2.77. The minimum Gasteiger partial charge on any atom is -0.314 e. The zero-order valence-corrected chi connectivity index (χ0v) is 11.8. The van der Waals surface area contributed by atoms with Gasteiger partial charge in [0.15, 0.2) is 0 Å². The van der Waals surface area contributed by atoms with E-state index >= 15 is 0 Å². The first-order valence-electron chi connectivity index (χ1n) is 7.14. The van der Waals surface area contributed by atoms with E-state index in [2.05, 4.69) is 52.9 Å². The van der Waals surface area contributed by atoms with Crippen LogP contribution in [0.25, 0.3) is 5.65 Å². The summed E-state index contributed by atoms with van der Waals surface area (Å²) in [6.45, 7) is 9.88. The molecule has 0 atom stereocenters. The fourth-order valence-electron chi connectivity index (χ4n) is 2.77. The molecule has 1 fully saturated rings. The normalized spacial score (nSPS) is 17.4. The number of rotatable bonds is 3. The number of fused-ring (bicyclic) bond motifs is 1. The first-order chi connectivity index (χ1) is 9.25. The van der Waals surface area contributed by atoms with Crippen molar-refractivity contribution in [1.82, 2.24) is 19.6 Å². The number of hydrogen-bond acceptors (Lipinski definition) is 3. The Morgan fingerprint density at radius 1 is 1.26 bits per heavy atom. The van der Waals surface area contributed by atoms with E-state index in [-0.39, 0.29) is 0 Å². The number of aromatic nitrogens is 2. The van der Waals surface area contributed by atoms with E-state index in [1.807, 2.05) is 0 Å². The van der Waals surface area contributed by atoms with Crippen LogP contribution in [-0.2, 0) is 6.54 Å². The topological polar surface area (TPSA) is 32.6 Å². The number of piperazine rings is 1. The first kappa shape index (κ1) is 12.6. The summed E-state index contributed by atoms with van der Waals surface area (Å²) in [6, 6.07) is 6.23. The molecule has 4 heteroatoms. The molecule has 102 valence electrons. The Morgan fingerprint density at radius 3 is 2.79 bits per heavy atom. The van der Waals surface area contributed by atoms with Gasteiger partial charge in [0.25, 0.3) is 0 Å². The molecule has 0 aliphatic carbocycles. The van der Waals surface area contributed by atoms with E-state index in [0.717, 1.165) is 38.4 Å². The van der Waals surface area contributed by atoms with Crippen molar-refractivity contribution in [3.05, 3.63) is 35.8 Å². The highest BCUT2D eigenvalue weighted by Crippen LogP contribution is 2.22. The summed E-state index contributed by atoms with van der Waals surface area (Å²) in [7, 11) is 0. The Balaban J connectivity index is 1.97. The maximum atomic E-state index is 4.80. The smallest absolute Gasteiger partial charge is 0.137 e. The van der Waals surface area contributed by atoms with E-state index in [1.54, 1.807) is 0 Å². The first-order valence-corrected chi connectivity index (χ1v) is 7.14. The lowest BCUT2D eigenvalue weighted by atomic mass is 10.1. The lowest BCUT2D eigenvalue weighted by molar-refractivity contribution is 0.229. The molecule has 1 aliphatic rings. The van der Waals surface area contributed by atoms with Crippen LogP contribution in [0.4, 0.5) is 0 Å². The van der Waals surface area contributed by atoms with E-state index < -0.39 is 0 Å². The zero-order valence-electron chi connectivity index (χ0n) is 11.8. The molecule has 0 unspecified atom stereocenters. The minimum atomic E-state index is 0.470. The van der Waals surface area contributed by atoms with Gasteiger partial charge in [0.1, 0.15) is 5.65 Å². The molecule has 1 saturated heterocycles. The number of imidazole rings is 1. The van der Waals surface area contributed by atoms with Crippen LogP contribution in [0.5, 0.6) is 0 Å². The van der Waals surface area contributed by atoms with Crippen LogP contribution in [-0.4, -0.2) is 40.5 Å². The van der Waals surface area contributed by atoms with Gasteiger partial charge in [-0.15, -0.1) is 0 Å². The number of nitrogens with one attached hydrogen (secondary N) is 1. The summed E-state index contributed by atoms with van der Waals surface area (Å²) in [5.74, 6) is 0.470. The Morgan fingerprint density at radius 2 is 2.05 bits per heavy atom. The van der Waals surface area contributed by atoms with Crippen molar-refractivity contribution < 1.29 is 0 Å². The van der Waals surface area contributed by atoms with Gasteiger partial charge in [-0.25, -0.2) is 4.98 Å². The molecule has 1 aliphatic heterocycles. The molecule has 2 aromatic rings. The van der Waals surface area contributed by atoms with E-state index in [0.29, 0.717) is 5.92 Å². The van der Waals surface area contributed by atoms with Crippen molar-refractivity contribution in [3.8, 4) is 0 Å². The quantitative estimate of drug-likeness (QED) is 0.912. The van der Waals surface area contributed by atoms with Crippen LogP contribution >= 0.6 is 0 Å². The van der Waals surface area contributed by atoms with Crippen molar-refractivity contribution in [2.24, 2.45) is 0 Å². The lowest BCUT2D eigenvalue weighted by Gasteiger charge is -2.27. The van der Waals surface area contributed by atoms with Crippen molar-refractivity contribution in [2.75, 3.05) is 26.2 Å². The van der Waals surface area contributed by atoms with Gasteiger partial charge in [0, 0.05) is 38.9 Å². The van der Waals surface area contributed by atoms with Gasteiger partial charge in [0.2, 0.25) is 0 Å². The molecule has 2 aromatic heterocycles. The summed E-state index contributed by atoms with van der Waals surface area (Å²) in [5.41, 5.74) is 3.66. The third kappa shape index (κ3) is 2.51. The third-order valence-corrected chi connectivity index (χ3v) is 3.79. The van der Waals surface area contributed by atoms with Gasteiger partial charge in [-0.2, -0.15) is 0 Å². The summed E-state index contributed by atoms with van der Waals surface area (Å²) < 4.78 is 2.25. The molecule has 1 N–H and O–H groups in total. The Bertz CT molecular complexity index is 552. The molecule has 3 heterocycles. The molecule has 0 saturated carbocycles. The fraction of sp³-hybridized carbons (Fsp3) is 0.533. The highest BCUT2D eigenvalue weighted by atomic mass is 15.2. The second kappa shape index (κ2) is 5.31. The molecule has 0 amide bonds. The molecule has 0 radical (unpaired) electrons. The van der Waals surface area contributed by atoms with Crippen LogP contribution in [0.1, 0.15) is 31.2 Å². The average Bonchev–Trinajstić information content (AvgIpc) is 2.79. The second-order valence-corrected chi connectivity index (χ2v) is 5.55. The predicted octanol–water partition coefficient (Wildman–Crippen LogP) is 1.86. The second-order valence-electron chi connectivity index (χ2n) is 5.55.